The number of rotatable bonds is 1. The molecule has 2 heterocycles. The predicted octanol–water partition coefficient (Wildman–Crippen LogP) is 9.84. The van der Waals surface area contributed by atoms with Gasteiger partial charge in [0, 0.05) is 31.8 Å². The Hall–Kier alpha value is -3.62. The number of aryl methyl sites for hydroxylation is 1. The average Bonchev–Trinajstić information content (AvgIpc) is 3.44. The lowest BCUT2D eigenvalue weighted by molar-refractivity contribution is 1.46. The van der Waals surface area contributed by atoms with Crippen LogP contribution in [0.4, 0.5) is 0 Å². The average molecular weight is 444 g/mol. The molecule has 2 heteroatoms. The van der Waals surface area contributed by atoms with Crippen LogP contribution in [0.25, 0.3) is 63.9 Å². The second kappa shape index (κ2) is 7.75. The van der Waals surface area contributed by atoms with Crippen molar-refractivity contribution >= 4 is 64.1 Å². The molecule has 7 rings (SSSR count). The van der Waals surface area contributed by atoms with Crippen molar-refractivity contribution in [3.05, 3.63) is 96.6 Å². The fraction of sp³-hybridized carbons (Fsp3) is 0.0968. The van der Waals surface area contributed by atoms with E-state index in [1.54, 1.807) is 0 Å². The van der Waals surface area contributed by atoms with Gasteiger partial charge >= 0.3 is 0 Å². The summed E-state index contributed by atoms with van der Waals surface area (Å²) in [6, 6.07) is 33.3. The smallest absolute Gasteiger partial charge is 0.0646 e. The molecule has 0 spiro atoms. The van der Waals surface area contributed by atoms with Crippen LogP contribution < -0.4 is 0 Å². The summed E-state index contributed by atoms with van der Waals surface area (Å²) in [4.78, 5) is 3.73. The number of aromatic amines is 1. The van der Waals surface area contributed by atoms with Gasteiger partial charge in [0.25, 0.3) is 0 Å². The number of nitrogens with one attached hydrogen (secondary N) is 1. The Labute approximate surface area is 197 Å². The van der Waals surface area contributed by atoms with Crippen LogP contribution in [0.5, 0.6) is 0 Å². The van der Waals surface area contributed by atoms with Crippen LogP contribution in [0.15, 0.2) is 91.0 Å². The van der Waals surface area contributed by atoms with E-state index in [9.17, 15) is 0 Å². The lowest BCUT2D eigenvalue weighted by atomic mass is 9.99. The number of thiophene rings is 1. The van der Waals surface area contributed by atoms with Gasteiger partial charge in [0.2, 0.25) is 0 Å². The minimum absolute atomic E-state index is 1.25. The summed E-state index contributed by atoms with van der Waals surface area (Å²) in [6.07, 6.45) is 0. The minimum Gasteiger partial charge on any atom is -0.353 e. The molecule has 0 fully saturated rings. The molecule has 0 aliphatic carbocycles. The van der Waals surface area contributed by atoms with Crippen molar-refractivity contribution in [1.82, 2.24) is 4.98 Å². The number of aromatic nitrogens is 1. The van der Waals surface area contributed by atoms with Gasteiger partial charge < -0.3 is 4.98 Å². The Morgan fingerprint density at radius 1 is 0.576 bits per heavy atom. The highest BCUT2D eigenvalue weighted by atomic mass is 32.1. The van der Waals surface area contributed by atoms with Crippen LogP contribution in [0, 0.1) is 6.92 Å². The first-order chi connectivity index (χ1) is 16.3. The maximum absolute atomic E-state index is 3.73. The highest BCUT2D eigenvalue weighted by Crippen LogP contribution is 2.42. The normalized spacial score (nSPS) is 11.5. The molecule has 1 N–H and O–H groups in total. The van der Waals surface area contributed by atoms with Gasteiger partial charge in [0.15, 0.2) is 0 Å². The van der Waals surface area contributed by atoms with Gasteiger partial charge in [-0.05, 0) is 52.6 Å². The van der Waals surface area contributed by atoms with Crippen molar-refractivity contribution in [3.63, 3.8) is 0 Å². The number of hydrogen-bond acceptors (Lipinski definition) is 1. The van der Waals surface area contributed by atoms with Crippen LogP contribution in [0.2, 0.25) is 0 Å². The number of benzene rings is 5. The molecule has 2 aromatic heterocycles. The fourth-order valence-corrected chi connectivity index (χ4v) is 6.11. The summed E-state index contributed by atoms with van der Waals surface area (Å²) in [6.45, 7) is 6.18. The molecule has 0 aliphatic rings. The Morgan fingerprint density at radius 3 is 2.18 bits per heavy atom. The second-order valence-electron chi connectivity index (χ2n) is 8.36. The Kier molecular flexibility index (Phi) is 4.70. The van der Waals surface area contributed by atoms with E-state index in [1.807, 2.05) is 25.2 Å². The summed E-state index contributed by atoms with van der Waals surface area (Å²) in [5.41, 5.74) is 6.34. The lowest BCUT2D eigenvalue weighted by Gasteiger charge is -2.05. The topological polar surface area (TPSA) is 15.8 Å². The molecule has 0 radical (unpaired) electrons. The lowest BCUT2D eigenvalue weighted by Crippen LogP contribution is -1.79. The molecule has 1 nitrogen and oxygen atoms in total. The van der Waals surface area contributed by atoms with E-state index in [0.717, 1.165) is 0 Å². The van der Waals surface area contributed by atoms with E-state index >= 15 is 0 Å². The molecule has 0 saturated heterocycles. The van der Waals surface area contributed by atoms with Crippen LogP contribution >= 0.6 is 11.3 Å². The third-order valence-corrected chi connectivity index (χ3v) is 7.74. The monoisotopic (exact) mass is 443 g/mol. The second-order valence-corrected chi connectivity index (χ2v) is 9.41. The third kappa shape index (κ3) is 3.06. The highest BCUT2D eigenvalue weighted by Gasteiger charge is 2.14. The number of H-pyrrole nitrogens is 1. The summed E-state index contributed by atoms with van der Waals surface area (Å²) in [7, 11) is 0. The van der Waals surface area contributed by atoms with Gasteiger partial charge in [-0.1, -0.05) is 86.6 Å². The molecule has 0 bridgehead atoms. The molecule has 5 aromatic carbocycles. The molecule has 0 unspecified atom stereocenters. The number of para-hydroxylation sites is 1. The Balaban J connectivity index is 0.00000101. The van der Waals surface area contributed by atoms with Crippen LogP contribution in [-0.2, 0) is 0 Å². The maximum Gasteiger partial charge on any atom is 0.0646 e. The zero-order chi connectivity index (χ0) is 22.5. The number of hydrogen-bond donors (Lipinski definition) is 1. The molecule has 0 aliphatic heterocycles. The van der Waals surface area contributed by atoms with Crippen molar-refractivity contribution in [2.75, 3.05) is 0 Å². The van der Waals surface area contributed by atoms with Crippen molar-refractivity contribution in [2.45, 2.75) is 20.8 Å². The van der Waals surface area contributed by atoms with Crippen molar-refractivity contribution < 1.29 is 0 Å². The van der Waals surface area contributed by atoms with Crippen LogP contribution in [-0.4, -0.2) is 4.98 Å². The first-order valence-corrected chi connectivity index (χ1v) is 12.4. The van der Waals surface area contributed by atoms with Gasteiger partial charge in [0.1, 0.15) is 0 Å². The standard InChI is InChI=1S/C29H19NS.C2H6/c1-17-5-4-8-22-23-12-13-24-25-16-21(20-10-9-18-6-2-3-7-19(18)15-20)11-14-26(25)31-29(24)28(23)30-27(17)22;1-2/h2-16,30H,1H3;1-2H3. The van der Waals surface area contributed by atoms with Gasteiger partial charge in [-0.3, -0.25) is 0 Å². The zero-order valence-electron chi connectivity index (χ0n) is 19.1. The summed E-state index contributed by atoms with van der Waals surface area (Å²) >= 11 is 1.89. The van der Waals surface area contributed by atoms with E-state index in [0.29, 0.717) is 0 Å². The van der Waals surface area contributed by atoms with Gasteiger partial charge in [0.05, 0.1) is 10.2 Å². The first kappa shape index (κ1) is 20.0. The van der Waals surface area contributed by atoms with E-state index in [2.05, 4.69) is 103 Å². The highest BCUT2D eigenvalue weighted by molar-refractivity contribution is 7.26. The molecule has 0 atom stereocenters. The SMILES string of the molecule is CC.Cc1cccc2c1[nH]c1c2ccc2c3cc(-c4ccc5ccccc5c4)ccc3sc21. The largest absolute Gasteiger partial charge is 0.353 e. The van der Waals surface area contributed by atoms with E-state index < -0.39 is 0 Å². The van der Waals surface area contributed by atoms with Gasteiger partial charge in [-0.2, -0.15) is 0 Å². The van der Waals surface area contributed by atoms with Crippen molar-refractivity contribution in [2.24, 2.45) is 0 Å². The van der Waals surface area contributed by atoms with Crippen LogP contribution in [0.1, 0.15) is 19.4 Å². The van der Waals surface area contributed by atoms with E-state index in [-0.39, 0.29) is 0 Å². The Morgan fingerprint density at radius 2 is 1.30 bits per heavy atom. The maximum atomic E-state index is 3.73. The molecule has 160 valence electrons. The molecular formula is C31H25NS. The molecular weight excluding hydrogens is 418 g/mol. The molecule has 0 saturated carbocycles. The summed E-state index contributed by atoms with van der Waals surface area (Å²) in [5, 5.41) is 7.86. The van der Waals surface area contributed by atoms with Crippen molar-refractivity contribution in [3.8, 4) is 11.1 Å². The third-order valence-electron chi connectivity index (χ3n) is 6.54. The zero-order valence-corrected chi connectivity index (χ0v) is 19.9. The van der Waals surface area contributed by atoms with Gasteiger partial charge in [-0.15, -0.1) is 11.3 Å². The quantitative estimate of drug-likeness (QED) is 0.260. The molecule has 33 heavy (non-hydrogen) atoms. The summed E-state index contributed by atoms with van der Waals surface area (Å²) in [5.74, 6) is 0. The molecule has 7 aromatic rings. The fourth-order valence-electron chi connectivity index (χ4n) is 4.92. The van der Waals surface area contributed by atoms with E-state index in [1.165, 1.54) is 69.4 Å². The Bertz CT molecular complexity index is 1800. The van der Waals surface area contributed by atoms with Gasteiger partial charge in [-0.25, -0.2) is 0 Å². The number of fused-ring (bicyclic) bond motifs is 8. The predicted molar refractivity (Wildman–Crippen MR) is 148 cm³/mol. The van der Waals surface area contributed by atoms with E-state index in [4.69, 9.17) is 0 Å². The molecule has 0 amide bonds. The minimum atomic E-state index is 1.25. The summed E-state index contributed by atoms with van der Waals surface area (Å²) < 4.78 is 2.68. The van der Waals surface area contributed by atoms with Crippen molar-refractivity contribution in [1.29, 1.82) is 0 Å². The van der Waals surface area contributed by atoms with Crippen LogP contribution in [0.3, 0.4) is 0 Å². The first-order valence-electron chi connectivity index (χ1n) is 11.6.